The van der Waals surface area contributed by atoms with Crippen molar-refractivity contribution >= 4 is 5.57 Å². The monoisotopic (exact) mass is 278 g/mol. The van der Waals surface area contributed by atoms with E-state index in [1.165, 1.54) is 16.7 Å². The van der Waals surface area contributed by atoms with E-state index >= 15 is 0 Å². The Morgan fingerprint density at radius 2 is 1.86 bits per heavy atom. The molecule has 0 radical (unpaired) electrons. The molecule has 0 spiro atoms. The van der Waals surface area contributed by atoms with Crippen LogP contribution in [0.4, 0.5) is 0 Å². The highest BCUT2D eigenvalue weighted by Crippen LogP contribution is 2.25. The maximum atomic E-state index is 5.67. The van der Waals surface area contributed by atoms with E-state index in [4.69, 9.17) is 5.73 Å². The van der Waals surface area contributed by atoms with E-state index in [-0.39, 0.29) is 0 Å². The fourth-order valence-corrected chi connectivity index (χ4v) is 2.40. The smallest absolute Gasteiger partial charge is 0.0306 e. The fourth-order valence-electron chi connectivity index (χ4n) is 2.40. The SMILES string of the molecule is C/C=C\C(=C/N)c1ccc(C(C)c2cncc(C)c2)cc1. The molecule has 2 heteroatoms. The van der Waals surface area contributed by atoms with Crippen molar-refractivity contribution in [2.75, 3.05) is 0 Å². The standard InChI is InChI=1S/C19H22N2/c1-4-5-18(11-20)17-8-6-16(7-9-17)15(3)19-10-14(2)12-21-13-19/h4-13,15H,20H2,1-3H3/b5-4-,18-11+. The van der Waals surface area contributed by atoms with Crippen LogP contribution in [-0.2, 0) is 0 Å². The number of nitrogens with two attached hydrogens (primary N) is 1. The lowest BCUT2D eigenvalue weighted by Crippen LogP contribution is -1.98. The molecule has 0 saturated carbocycles. The Morgan fingerprint density at radius 3 is 2.43 bits per heavy atom. The Kier molecular flexibility index (Phi) is 4.94. The molecule has 1 heterocycles. The third kappa shape index (κ3) is 3.60. The molecule has 2 nitrogen and oxygen atoms in total. The van der Waals surface area contributed by atoms with Crippen LogP contribution in [0.3, 0.4) is 0 Å². The van der Waals surface area contributed by atoms with Crippen molar-refractivity contribution in [3.05, 3.63) is 83.3 Å². The summed E-state index contributed by atoms with van der Waals surface area (Å²) in [5, 5.41) is 0. The molecule has 0 amide bonds. The van der Waals surface area contributed by atoms with Crippen LogP contribution in [-0.4, -0.2) is 4.98 Å². The largest absolute Gasteiger partial charge is 0.404 e. The van der Waals surface area contributed by atoms with Crippen molar-refractivity contribution in [1.29, 1.82) is 0 Å². The number of pyridine rings is 1. The summed E-state index contributed by atoms with van der Waals surface area (Å²) in [6, 6.07) is 10.8. The Labute approximate surface area is 127 Å². The van der Waals surface area contributed by atoms with Crippen LogP contribution in [0.25, 0.3) is 5.57 Å². The number of nitrogens with zero attached hydrogens (tertiary/aromatic N) is 1. The lowest BCUT2D eigenvalue weighted by molar-refractivity contribution is 0.907. The van der Waals surface area contributed by atoms with Crippen LogP contribution in [0.5, 0.6) is 0 Å². The highest BCUT2D eigenvalue weighted by molar-refractivity contribution is 5.73. The van der Waals surface area contributed by atoms with Gasteiger partial charge in [0.1, 0.15) is 0 Å². The van der Waals surface area contributed by atoms with Gasteiger partial charge in [-0.15, -0.1) is 0 Å². The molecule has 1 aromatic heterocycles. The highest BCUT2D eigenvalue weighted by atomic mass is 14.6. The summed E-state index contributed by atoms with van der Waals surface area (Å²) < 4.78 is 0. The van der Waals surface area contributed by atoms with Gasteiger partial charge in [-0.3, -0.25) is 4.98 Å². The fraction of sp³-hybridized carbons (Fsp3) is 0.211. The maximum absolute atomic E-state index is 5.67. The van der Waals surface area contributed by atoms with Gasteiger partial charge in [-0.05, 0) is 41.7 Å². The molecule has 0 aliphatic carbocycles. The van der Waals surface area contributed by atoms with Gasteiger partial charge < -0.3 is 5.73 Å². The maximum Gasteiger partial charge on any atom is 0.0306 e. The minimum absolute atomic E-state index is 0.332. The predicted molar refractivity (Wildman–Crippen MR) is 89.9 cm³/mol. The van der Waals surface area contributed by atoms with Gasteiger partial charge in [0.15, 0.2) is 0 Å². The molecule has 1 aromatic carbocycles. The Morgan fingerprint density at radius 1 is 1.14 bits per heavy atom. The van der Waals surface area contributed by atoms with Gasteiger partial charge >= 0.3 is 0 Å². The number of hydrogen-bond acceptors (Lipinski definition) is 2. The zero-order valence-electron chi connectivity index (χ0n) is 12.9. The first-order valence-corrected chi connectivity index (χ1v) is 7.22. The van der Waals surface area contributed by atoms with Crippen molar-refractivity contribution < 1.29 is 0 Å². The summed E-state index contributed by atoms with van der Waals surface area (Å²) in [5.41, 5.74) is 11.6. The quantitative estimate of drug-likeness (QED) is 0.841. The van der Waals surface area contributed by atoms with E-state index in [1.807, 2.05) is 31.5 Å². The minimum Gasteiger partial charge on any atom is -0.404 e. The Balaban J connectivity index is 2.26. The van der Waals surface area contributed by atoms with Crippen molar-refractivity contribution in [2.24, 2.45) is 5.73 Å². The van der Waals surface area contributed by atoms with E-state index in [0.717, 1.165) is 11.1 Å². The summed E-state index contributed by atoms with van der Waals surface area (Å²) >= 11 is 0. The van der Waals surface area contributed by atoms with Crippen LogP contribution in [0, 0.1) is 6.92 Å². The molecule has 0 saturated heterocycles. The average Bonchev–Trinajstić information content (AvgIpc) is 2.52. The van der Waals surface area contributed by atoms with Crippen molar-refractivity contribution in [1.82, 2.24) is 4.98 Å². The Bertz CT molecular complexity index is 652. The molecule has 2 rings (SSSR count). The van der Waals surface area contributed by atoms with Crippen LogP contribution in [0.2, 0.25) is 0 Å². The summed E-state index contributed by atoms with van der Waals surface area (Å²) in [7, 11) is 0. The second-order valence-corrected chi connectivity index (χ2v) is 5.26. The van der Waals surface area contributed by atoms with E-state index < -0.39 is 0 Å². The van der Waals surface area contributed by atoms with E-state index in [2.05, 4.69) is 49.2 Å². The zero-order chi connectivity index (χ0) is 15.2. The molecule has 1 unspecified atom stereocenters. The number of aryl methyl sites for hydroxylation is 1. The molecule has 0 aliphatic heterocycles. The first kappa shape index (κ1) is 15.0. The first-order valence-electron chi connectivity index (χ1n) is 7.22. The number of aromatic nitrogens is 1. The molecule has 2 aromatic rings. The van der Waals surface area contributed by atoms with E-state index in [0.29, 0.717) is 5.92 Å². The molecular formula is C19H22N2. The average molecular weight is 278 g/mol. The number of allylic oxidation sites excluding steroid dienone is 3. The topological polar surface area (TPSA) is 38.9 Å². The number of benzene rings is 1. The molecule has 0 bridgehead atoms. The lowest BCUT2D eigenvalue weighted by Gasteiger charge is -2.13. The van der Waals surface area contributed by atoms with Crippen molar-refractivity contribution in [2.45, 2.75) is 26.7 Å². The second kappa shape index (κ2) is 6.89. The minimum atomic E-state index is 0.332. The van der Waals surface area contributed by atoms with Crippen molar-refractivity contribution in [3.63, 3.8) is 0 Å². The van der Waals surface area contributed by atoms with E-state index in [1.54, 1.807) is 6.20 Å². The third-order valence-electron chi connectivity index (χ3n) is 3.67. The number of hydrogen-bond donors (Lipinski definition) is 1. The van der Waals surface area contributed by atoms with Gasteiger partial charge in [-0.2, -0.15) is 0 Å². The van der Waals surface area contributed by atoms with Crippen LogP contribution in [0.15, 0.2) is 61.1 Å². The summed E-state index contributed by atoms with van der Waals surface area (Å²) in [5.74, 6) is 0.332. The van der Waals surface area contributed by atoms with Gasteiger partial charge in [0.05, 0.1) is 0 Å². The second-order valence-electron chi connectivity index (χ2n) is 5.26. The molecule has 2 N–H and O–H groups in total. The lowest BCUT2D eigenvalue weighted by atomic mass is 9.92. The third-order valence-corrected chi connectivity index (χ3v) is 3.67. The van der Waals surface area contributed by atoms with Gasteiger partial charge in [-0.1, -0.05) is 49.4 Å². The highest BCUT2D eigenvalue weighted by Gasteiger charge is 2.09. The van der Waals surface area contributed by atoms with Crippen LogP contribution < -0.4 is 5.73 Å². The molecule has 0 aliphatic rings. The number of rotatable bonds is 4. The van der Waals surface area contributed by atoms with Gasteiger partial charge in [0.25, 0.3) is 0 Å². The summed E-state index contributed by atoms with van der Waals surface area (Å²) in [6.45, 7) is 6.27. The Hall–Kier alpha value is -2.35. The van der Waals surface area contributed by atoms with Gasteiger partial charge in [0.2, 0.25) is 0 Å². The van der Waals surface area contributed by atoms with Crippen LogP contribution in [0.1, 0.15) is 42.0 Å². The molecule has 0 fully saturated rings. The van der Waals surface area contributed by atoms with Gasteiger partial charge in [-0.25, -0.2) is 0 Å². The normalized spacial score (nSPS) is 13.6. The van der Waals surface area contributed by atoms with Crippen molar-refractivity contribution in [3.8, 4) is 0 Å². The van der Waals surface area contributed by atoms with Crippen LogP contribution >= 0.6 is 0 Å². The van der Waals surface area contributed by atoms with Gasteiger partial charge in [0, 0.05) is 24.5 Å². The zero-order valence-corrected chi connectivity index (χ0v) is 12.9. The molecule has 1 atom stereocenters. The molecule has 108 valence electrons. The first-order chi connectivity index (χ1) is 10.2. The summed E-state index contributed by atoms with van der Waals surface area (Å²) in [4.78, 5) is 4.28. The molecule has 21 heavy (non-hydrogen) atoms. The van der Waals surface area contributed by atoms with E-state index in [9.17, 15) is 0 Å². The predicted octanol–water partition coefficient (Wildman–Crippen LogP) is 4.42. The molecular weight excluding hydrogens is 256 g/mol. The summed E-state index contributed by atoms with van der Waals surface area (Å²) in [6.07, 6.45) is 9.48.